The second kappa shape index (κ2) is 5.23. The Bertz CT molecular complexity index is 545. The molecule has 4 aliphatic carbocycles. The summed E-state index contributed by atoms with van der Waals surface area (Å²) in [5, 5.41) is 31.4. The monoisotopic (exact) mass is 334 g/mol. The average molecular weight is 335 g/mol. The van der Waals surface area contributed by atoms with Crippen molar-refractivity contribution in [1.82, 2.24) is 0 Å². The quantitative estimate of drug-likeness (QED) is 0.630. The van der Waals surface area contributed by atoms with Gasteiger partial charge < -0.3 is 15.3 Å². The van der Waals surface area contributed by atoms with Crippen LogP contribution in [0, 0.1) is 34.5 Å². The van der Waals surface area contributed by atoms with Crippen molar-refractivity contribution in [1.29, 1.82) is 0 Å². The topological polar surface area (TPSA) is 60.7 Å². The molecular weight excluding hydrogens is 300 g/mol. The van der Waals surface area contributed by atoms with Crippen LogP contribution in [0.15, 0.2) is 12.3 Å². The maximum absolute atomic E-state index is 11.2. The number of aliphatic hydroxyl groups excluding tert-OH is 2. The highest BCUT2D eigenvalue weighted by atomic mass is 16.3. The largest absolute Gasteiger partial charge is 0.510 e. The molecule has 0 bridgehead atoms. The van der Waals surface area contributed by atoms with Crippen LogP contribution in [0.3, 0.4) is 0 Å². The van der Waals surface area contributed by atoms with E-state index in [-0.39, 0.29) is 17.3 Å². The molecule has 4 saturated carbocycles. The van der Waals surface area contributed by atoms with Crippen LogP contribution >= 0.6 is 0 Å². The predicted octanol–water partition coefficient (Wildman–Crippen LogP) is 4.19. The second-order valence-electron chi connectivity index (χ2n) is 9.89. The van der Waals surface area contributed by atoms with E-state index in [1.807, 2.05) is 0 Å². The lowest BCUT2D eigenvalue weighted by atomic mass is 9.44. The number of hydrogen-bond acceptors (Lipinski definition) is 3. The minimum atomic E-state index is -1.09. The summed E-state index contributed by atoms with van der Waals surface area (Å²) in [6.07, 6.45) is 9.25. The van der Waals surface area contributed by atoms with Gasteiger partial charge in [0.05, 0.1) is 6.10 Å². The van der Waals surface area contributed by atoms with E-state index in [1.165, 1.54) is 12.8 Å². The summed E-state index contributed by atoms with van der Waals surface area (Å²) in [4.78, 5) is 0. The van der Waals surface area contributed by atoms with Crippen molar-refractivity contribution < 1.29 is 15.3 Å². The van der Waals surface area contributed by atoms with E-state index in [2.05, 4.69) is 20.4 Å². The molecule has 4 rings (SSSR count). The van der Waals surface area contributed by atoms with E-state index in [9.17, 15) is 15.3 Å². The van der Waals surface area contributed by atoms with Gasteiger partial charge in [0.2, 0.25) is 0 Å². The summed E-state index contributed by atoms with van der Waals surface area (Å²) < 4.78 is 0. The van der Waals surface area contributed by atoms with Crippen molar-refractivity contribution >= 4 is 0 Å². The molecular formula is C21H34O3. The fourth-order valence-corrected chi connectivity index (χ4v) is 7.73. The molecule has 0 aromatic carbocycles. The first-order valence-corrected chi connectivity index (χ1v) is 10.0. The van der Waals surface area contributed by atoms with Gasteiger partial charge in [-0.05, 0) is 86.9 Å². The third-order valence-electron chi connectivity index (χ3n) is 9.27. The molecule has 4 fully saturated rings. The number of rotatable bonds is 1. The summed E-state index contributed by atoms with van der Waals surface area (Å²) >= 11 is 0. The number of hydrogen-bond donors (Lipinski definition) is 3. The Labute approximate surface area is 146 Å². The standard InChI is InChI=1S/C21H34O3/c1-13(22)21(24)11-8-18-16-5-4-14-12-15(23)6-9-19(14,2)17(16)7-10-20(18,21)3/h14-18,22-24H,1,4-12H2,2-3H3/t14?,15-,16+,17-,18-,19-,20-,21-/m0/s1. The Morgan fingerprint density at radius 1 is 0.958 bits per heavy atom. The molecule has 3 N–H and O–H groups in total. The van der Waals surface area contributed by atoms with E-state index >= 15 is 0 Å². The fourth-order valence-electron chi connectivity index (χ4n) is 7.73. The molecule has 0 amide bonds. The molecule has 3 nitrogen and oxygen atoms in total. The zero-order chi connectivity index (χ0) is 17.3. The molecule has 0 saturated heterocycles. The third kappa shape index (κ3) is 1.97. The molecule has 0 aromatic rings. The van der Waals surface area contributed by atoms with Gasteiger partial charge in [-0.15, -0.1) is 0 Å². The van der Waals surface area contributed by atoms with Gasteiger partial charge in [0.1, 0.15) is 11.4 Å². The lowest BCUT2D eigenvalue weighted by Gasteiger charge is -2.61. The Morgan fingerprint density at radius 3 is 2.38 bits per heavy atom. The van der Waals surface area contributed by atoms with Crippen molar-refractivity contribution in [3.63, 3.8) is 0 Å². The highest BCUT2D eigenvalue weighted by molar-refractivity contribution is 5.21. The minimum absolute atomic E-state index is 0.0216. The van der Waals surface area contributed by atoms with Gasteiger partial charge in [-0.1, -0.05) is 20.4 Å². The highest BCUT2D eigenvalue weighted by Gasteiger charge is 2.65. The van der Waals surface area contributed by atoms with Crippen molar-refractivity contribution in [2.24, 2.45) is 34.5 Å². The first-order chi connectivity index (χ1) is 11.2. The van der Waals surface area contributed by atoms with E-state index in [1.54, 1.807) is 0 Å². The van der Waals surface area contributed by atoms with Crippen LogP contribution in [0.1, 0.15) is 71.6 Å². The van der Waals surface area contributed by atoms with Crippen molar-refractivity contribution in [2.45, 2.75) is 83.3 Å². The molecule has 24 heavy (non-hydrogen) atoms. The van der Waals surface area contributed by atoms with Crippen LogP contribution in [0.25, 0.3) is 0 Å². The van der Waals surface area contributed by atoms with Crippen LogP contribution in [0.4, 0.5) is 0 Å². The van der Waals surface area contributed by atoms with Crippen molar-refractivity contribution in [2.75, 3.05) is 0 Å². The first kappa shape index (κ1) is 16.9. The molecule has 8 atom stereocenters. The Hall–Kier alpha value is -0.540. The number of fused-ring (bicyclic) bond motifs is 5. The molecule has 1 unspecified atom stereocenters. The zero-order valence-electron chi connectivity index (χ0n) is 15.3. The van der Waals surface area contributed by atoms with Gasteiger partial charge in [-0.3, -0.25) is 0 Å². The highest BCUT2D eigenvalue weighted by Crippen LogP contribution is 2.68. The normalized spacial score (nSPS) is 56.9. The molecule has 136 valence electrons. The lowest BCUT2D eigenvalue weighted by Crippen LogP contribution is -2.57. The average Bonchev–Trinajstić information content (AvgIpc) is 2.81. The summed E-state index contributed by atoms with van der Waals surface area (Å²) in [5.41, 5.74) is -0.957. The van der Waals surface area contributed by atoms with Gasteiger partial charge >= 0.3 is 0 Å². The number of aliphatic hydroxyl groups is 3. The summed E-state index contributed by atoms with van der Waals surface area (Å²) in [6, 6.07) is 0. The van der Waals surface area contributed by atoms with Gasteiger partial charge in [0.25, 0.3) is 0 Å². The maximum Gasteiger partial charge on any atom is 0.126 e. The fraction of sp³-hybridized carbons (Fsp3) is 0.905. The Morgan fingerprint density at radius 2 is 1.67 bits per heavy atom. The van der Waals surface area contributed by atoms with Crippen LogP contribution in [0.5, 0.6) is 0 Å². The van der Waals surface area contributed by atoms with Gasteiger partial charge in [-0.25, -0.2) is 0 Å². The third-order valence-corrected chi connectivity index (χ3v) is 9.27. The van der Waals surface area contributed by atoms with E-state index in [0.717, 1.165) is 44.4 Å². The van der Waals surface area contributed by atoms with Gasteiger partial charge in [0.15, 0.2) is 0 Å². The van der Waals surface area contributed by atoms with E-state index in [4.69, 9.17) is 0 Å². The smallest absolute Gasteiger partial charge is 0.126 e. The van der Waals surface area contributed by atoms with E-state index in [0.29, 0.717) is 29.6 Å². The molecule has 0 spiro atoms. The van der Waals surface area contributed by atoms with Crippen LogP contribution in [-0.2, 0) is 0 Å². The van der Waals surface area contributed by atoms with Crippen LogP contribution < -0.4 is 0 Å². The lowest BCUT2D eigenvalue weighted by molar-refractivity contribution is -0.155. The first-order valence-electron chi connectivity index (χ1n) is 10.0. The van der Waals surface area contributed by atoms with E-state index < -0.39 is 5.60 Å². The Kier molecular flexibility index (Phi) is 3.69. The maximum atomic E-state index is 11.2. The zero-order valence-corrected chi connectivity index (χ0v) is 15.3. The summed E-state index contributed by atoms with van der Waals surface area (Å²) in [5.74, 6) is 2.52. The molecule has 3 heteroatoms. The van der Waals surface area contributed by atoms with Crippen LogP contribution in [0.2, 0.25) is 0 Å². The Balaban J connectivity index is 1.65. The van der Waals surface area contributed by atoms with Crippen molar-refractivity contribution in [3.05, 3.63) is 12.3 Å². The molecule has 0 radical (unpaired) electrons. The summed E-state index contributed by atoms with van der Waals surface area (Å²) in [6.45, 7) is 8.39. The van der Waals surface area contributed by atoms with Crippen molar-refractivity contribution in [3.8, 4) is 0 Å². The van der Waals surface area contributed by atoms with Gasteiger partial charge in [-0.2, -0.15) is 0 Å². The molecule has 0 aliphatic heterocycles. The molecule has 0 aromatic heterocycles. The van der Waals surface area contributed by atoms with Crippen LogP contribution in [-0.4, -0.2) is 27.0 Å². The SMILES string of the molecule is C=C(O)[C@@]1(O)CC[C@H]2[C@@H]3CCC4C[C@@H](O)CC[C@]4(C)[C@H]3CC[C@@]21C. The molecule has 0 heterocycles. The molecule has 4 aliphatic rings. The van der Waals surface area contributed by atoms with Gasteiger partial charge in [0, 0.05) is 5.41 Å². The second-order valence-corrected chi connectivity index (χ2v) is 9.89. The predicted molar refractivity (Wildman–Crippen MR) is 94.5 cm³/mol. The summed E-state index contributed by atoms with van der Waals surface area (Å²) in [7, 11) is 0. The minimum Gasteiger partial charge on any atom is -0.510 e.